The van der Waals surface area contributed by atoms with Crippen molar-refractivity contribution in [3.8, 4) is 0 Å². The lowest BCUT2D eigenvalue weighted by atomic mass is 10.1. The Morgan fingerprint density at radius 2 is 1.96 bits per heavy atom. The highest BCUT2D eigenvalue weighted by molar-refractivity contribution is 9.10. The van der Waals surface area contributed by atoms with E-state index in [1.54, 1.807) is 7.05 Å². The van der Waals surface area contributed by atoms with E-state index in [4.69, 9.17) is 9.15 Å². The largest absolute Gasteiger partial charge is 0.444 e. The molecule has 7 nitrogen and oxygen atoms in total. The van der Waals surface area contributed by atoms with Gasteiger partial charge in [-0.15, -0.1) is 0 Å². The van der Waals surface area contributed by atoms with E-state index in [1.807, 2.05) is 13.8 Å². The Morgan fingerprint density at radius 1 is 1.22 bits per heavy atom. The number of rotatable bonds is 5. The Morgan fingerprint density at radius 3 is 2.63 bits per heavy atom. The number of nitrogens with one attached hydrogen (secondary N) is 2. The quantitative estimate of drug-likeness (QED) is 0.555. The Labute approximate surface area is 168 Å². The molecular formula is C19H26BrN5O2. The third kappa shape index (κ3) is 5.23. The van der Waals surface area contributed by atoms with Crippen LogP contribution < -0.4 is 15.5 Å². The summed E-state index contributed by atoms with van der Waals surface area (Å²) in [4.78, 5) is 11.0. The first kappa shape index (κ1) is 19.7. The number of aryl methyl sites for hydroxylation is 2. The number of hydrogen-bond donors (Lipinski definition) is 2. The Hall–Kier alpha value is -2.06. The van der Waals surface area contributed by atoms with Gasteiger partial charge in [0.05, 0.1) is 25.5 Å². The Kier molecular flexibility index (Phi) is 6.73. The average molecular weight is 436 g/mol. The molecule has 2 heterocycles. The van der Waals surface area contributed by atoms with Gasteiger partial charge in [-0.2, -0.15) is 0 Å². The lowest BCUT2D eigenvalue weighted by Gasteiger charge is -2.31. The van der Waals surface area contributed by atoms with Crippen molar-refractivity contribution >= 4 is 27.6 Å². The zero-order chi connectivity index (χ0) is 19.2. The molecule has 0 aliphatic carbocycles. The van der Waals surface area contributed by atoms with Gasteiger partial charge < -0.3 is 24.7 Å². The molecule has 1 aliphatic heterocycles. The van der Waals surface area contributed by atoms with Gasteiger partial charge in [0.1, 0.15) is 5.76 Å². The standard InChI is InChI=1S/C19H26BrN5O2/c1-13-14(2)27-18(24-13)12-23-19(21-3)22-11-15-4-5-16(20)10-17(15)25-6-8-26-9-7-25/h4-5,10H,6-9,11-12H2,1-3H3,(H2,21,22,23). The van der Waals surface area contributed by atoms with Gasteiger partial charge in [0.25, 0.3) is 0 Å². The number of aromatic nitrogens is 1. The molecule has 146 valence electrons. The van der Waals surface area contributed by atoms with Crippen LogP contribution in [0.1, 0.15) is 22.9 Å². The summed E-state index contributed by atoms with van der Waals surface area (Å²) in [6.45, 7) is 8.34. The molecule has 1 fully saturated rings. The van der Waals surface area contributed by atoms with E-state index in [0.717, 1.165) is 42.2 Å². The molecule has 1 aromatic carbocycles. The topological polar surface area (TPSA) is 74.9 Å². The first-order chi connectivity index (χ1) is 13.1. The Balaban J connectivity index is 1.62. The fraction of sp³-hybridized carbons (Fsp3) is 0.474. The first-order valence-corrected chi connectivity index (χ1v) is 9.84. The summed E-state index contributed by atoms with van der Waals surface area (Å²) in [5.41, 5.74) is 3.35. The molecule has 1 aliphatic rings. The van der Waals surface area contributed by atoms with Gasteiger partial charge in [0, 0.05) is 36.8 Å². The number of ether oxygens (including phenoxy) is 1. The summed E-state index contributed by atoms with van der Waals surface area (Å²) in [5, 5.41) is 6.62. The summed E-state index contributed by atoms with van der Waals surface area (Å²) >= 11 is 3.58. The predicted octanol–water partition coefficient (Wildman–Crippen LogP) is 2.76. The van der Waals surface area contributed by atoms with Crippen molar-refractivity contribution in [1.82, 2.24) is 15.6 Å². The van der Waals surface area contributed by atoms with E-state index in [-0.39, 0.29) is 0 Å². The number of guanidine groups is 1. The second kappa shape index (κ2) is 9.23. The predicted molar refractivity (Wildman–Crippen MR) is 110 cm³/mol. The van der Waals surface area contributed by atoms with Gasteiger partial charge in [0.15, 0.2) is 5.96 Å². The smallest absolute Gasteiger partial charge is 0.214 e. The highest BCUT2D eigenvalue weighted by Gasteiger charge is 2.15. The van der Waals surface area contributed by atoms with Crippen LogP contribution in [0.2, 0.25) is 0 Å². The molecule has 3 rings (SSSR count). The zero-order valence-corrected chi connectivity index (χ0v) is 17.6. The number of oxazole rings is 1. The maximum atomic E-state index is 5.60. The van der Waals surface area contributed by atoms with Gasteiger partial charge in [-0.05, 0) is 31.5 Å². The van der Waals surface area contributed by atoms with Gasteiger partial charge in [-0.1, -0.05) is 22.0 Å². The normalized spacial score (nSPS) is 15.1. The van der Waals surface area contributed by atoms with E-state index in [2.05, 4.69) is 59.6 Å². The molecule has 0 radical (unpaired) electrons. The Bertz CT molecular complexity index is 780. The SMILES string of the molecule is CN=C(NCc1nc(C)c(C)o1)NCc1ccc(Br)cc1N1CCOCC1. The molecule has 0 bridgehead atoms. The monoisotopic (exact) mass is 435 g/mol. The summed E-state index contributed by atoms with van der Waals surface area (Å²) in [7, 11) is 1.76. The number of aliphatic imine (C=N–C) groups is 1. The van der Waals surface area contributed by atoms with Crippen LogP contribution in [-0.4, -0.2) is 44.3 Å². The van der Waals surface area contributed by atoms with E-state index in [1.165, 1.54) is 11.3 Å². The third-order valence-electron chi connectivity index (χ3n) is 4.55. The van der Waals surface area contributed by atoms with E-state index >= 15 is 0 Å². The average Bonchev–Trinajstić information content (AvgIpc) is 3.01. The van der Waals surface area contributed by atoms with Gasteiger partial charge in [-0.3, -0.25) is 4.99 Å². The summed E-state index contributed by atoms with van der Waals surface area (Å²) in [5.74, 6) is 2.21. The molecular weight excluding hydrogens is 410 g/mol. The fourth-order valence-electron chi connectivity index (χ4n) is 2.96. The van der Waals surface area contributed by atoms with Crippen molar-refractivity contribution in [3.05, 3.63) is 45.6 Å². The van der Waals surface area contributed by atoms with Crippen LogP contribution in [0.3, 0.4) is 0 Å². The second-order valence-electron chi connectivity index (χ2n) is 6.40. The molecule has 0 unspecified atom stereocenters. The van der Waals surface area contributed by atoms with Crippen molar-refractivity contribution in [3.63, 3.8) is 0 Å². The van der Waals surface area contributed by atoms with Crippen LogP contribution >= 0.6 is 15.9 Å². The maximum absolute atomic E-state index is 5.60. The van der Waals surface area contributed by atoms with Crippen LogP contribution in [0, 0.1) is 13.8 Å². The number of halogens is 1. The number of anilines is 1. The van der Waals surface area contributed by atoms with Crippen molar-refractivity contribution in [2.45, 2.75) is 26.9 Å². The maximum Gasteiger partial charge on any atom is 0.214 e. The van der Waals surface area contributed by atoms with Crippen LogP contribution in [0.5, 0.6) is 0 Å². The molecule has 0 amide bonds. The minimum absolute atomic E-state index is 0.491. The van der Waals surface area contributed by atoms with Crippen LogP contribution in [0.15, 0.2) is 32.1 Å². The molecule has 8 heteroatoms. The highest BCUT2D eigenvalue weighted by Crippen LogP contribution is 2.26. The summed E-state index contributed by atoms with van der Waals surface area (Å²) in [6, 6.07) is 6.36. The number of nitrogens with zero attached hydrogens (tertiary/aromatic N) is 3. The third-order valence-corrected chi connectivity index (χ3v) is 5.04. The second-order valence-corrected chi connectivity index (χ2v) is 7.32. The molecule has 2 aromatic rings. The van der Waals surface area contributed by atoms with E-state index in [0.29, 0.717) is 24.9 Å². The first-order valence-electron chi connectivity index (χ1n) is 9.05. The van der Waals surface area contributed by atoms with Crippen molar-refractivity contribution in [1.29, 1.82) is 0 Å². The molecule has 0 spiro atoms. The number of morpholine rings is 1. The van der Waals surface area contributed by atoms with E-state index in [9.17, 15) is 0 Å². The van der Waals surface area contributed by atoms with Crippen LogP contribution in [-0.2, 0) is 17.8 Å². The van der Waals surface area contributed by atoms with E-state index < -0.39 is 0 Å². The fourth-order valence-corrected chi connectivity index (χ4v) is 3.31. The van der Waals surface area contributed by atoms with Crippen molar-refractivity contribution < 1.29 is 9.15 Å². The molecule has 2 N–H and O–H groups in total. The van der Waals surface area contributed by atoms with Gasteiger partial charge in [0.2, 0.25) is 5.89 Å². The molecule has 1 aromatic heterocycles. The summed E-state index contributed by atoms with van der Waals surface area (Å²) < 4.78 is 12.2. The molecule has 0 saturated carbocycles. The van der Waals surface area contributed by atoms with Crippen LogP contribution in [0.25, 0.3) is 0 Å². The van der Waals surface area contributed by atoms with Gasteiger partial charge in [-0.25, -0.2) is 4.98 Å². The lowest BCUT2D eigenvalue weighted by molar-refractivity contribution is 0.122. The minimum Gasteiger partial charge on any atom is -0.444 e. The molecule has 1 saturated heterocycles. The highest BCUT2D eigenvalue weighted by atomic mass is 79.9. The van der Waals surface area contributed by atoms with Crippen molar-refractivity contribution in [2.75, 3.05) is 38.3 Å². The molecule has 0 atom stereocenters. The lowest BCUT2D eigenvalue weighted by Crippen LogP contribution is -2.39. The number of hydrogen-bond acceptors (Lipinski definition) is 5. The van der Waals surface area contributed by atoms with Crippen LogP contribution in [0.4, 0.5) is 5.69 Å². The number of benzene rings is 1. The zero-order valence-electron chi connectivity index (χ0n) is 16.0. The minimum atomic E-state index is 0.491. The van der Waals surface area contributed by atoms with Crippen molar-refractivity contribution in [2.24, 2.45) is 4.99 Å². The molecule has 27 heavy (non-hydrogen) atoms. The van der Waals surface area contributed by atoms with Gasteiger partial charge >= 0.3 is 0 Å². The summed E-state index contributed by atoms with van der Waals surface area (Å²) in [6.07, 6.45) is 0.